The van der Waals surface area contributed by atoms with Gasteiger partial charge in [0.25, 0.3) is 0 Å². The van der Waals surface area contributed by atoms with Crippen LogP contribution in [0.1, 0.15) is 12.8 Å². The lowest BCUT2D eigenvalue weighted by Crippen LogP contribution is -2.22. The van der Waals surface area contributed by atoms with Gasteiger partial charge >= 0.3 is 0 Å². The van der Waals surface area contributed by atoms with E-state index in [0.717, 1.165) is 19.4 Å². The molecule has 0 aromatic heterocycles. The van der Waals surface area contributed by atoms with Gasteiger partial charge in [-0.05, 0) is 43.4 Å². The van der Waals surface area contributed by atoms with Crippen LogP contribution in [0.5, 0.6) is 0 Å². The third-order valence-corrected chi connectivity index (χ3v) is 3.35. The SMILES string of the molecule is CSc1cccc(NCC2CCC=CO2)c1. The lowest BCUT2D eigenvalue weighted by molar-refractivity contribution is 0.135. The second-order valence-electron chi connectivity index (χ2n) is 3.82. The molecular formula is C13H17NOS. The van der Waals surface area contributed by atoms with Crippen molar-refractivity contribution in [3.05, 3.63) is 36.6 Å². The highest BCUT2D eigenvalue weighted by atomic mass is 32.2. The van der Waals surface area contributed by atoms with E-state index in [2.05, 4.69) is 41.9 Å². The fourth-order valence-corrected chi connectivity index (χ4v) is 2.16. The number of allylic oxidation sites excluding steroid dienone is 1. The molecular weight excluding hydrogens is 218 g/mol. The van der Waals surface area contributed by atoms with Crippen molar-refractivity contribution in [2.24, 2.45) is 0 Å². The Morgan fingerprint density at radius 1 is 1.50 bits per heavy atom. The second kappa shape index (κ2) is 5.85. The first-order chi connectivity index (χ1) is 7.88. The number of anilines is 1. The summed E-state index contributed by atoms with van der Waals surface area (Å²) in [5.74, 6) is 0. The molecule has 86 valence electrons. The highest BCUT2D eigenvalue weighted by Gasteiger charge is 2.10. The van der Waals surface area contributed by atoms with Crippen LogP contribution in [0.15, 0.2) is 41.5 Å². The van der Waals surface area contributed by atoms with Crippen LogP contribution in [0.2, 0.25) is 0 Å². The van der Waals surface area contributed by atoms with Crippen LogP contribution in [0.25, 0.3) is 0 Å². The molecule has 1 heterocycles. The Kier molecular flexibility index (Phi) is 4.17. The molecule has 0 fully saturated rings. The summed E-state index contributed by atoms with van der Waals surface area (Å²) in [7, 11) is 0. The third kappa shape index (κ3) is 3.20. The standard InChI is InChI=1S/C13H17NOS/c1-16-13-7-4-5-11(9-13)14-10-12-6-2-3-8-15-12/h3-5,7-9,12,14H,2,6,10H2,1H3. The summed E-state index contributed by atoms with van der Waals surface area (Å²) >= 11 is 1.76. The fraction of sp³-hybridized carbons (Fsp3) is 0.385. The Hall–Kier alpha value is -1.09. The Bertz CT molecular complexity index is 365. The van der Waals surface area contributed by atoms with Gasteiger partial charge in [0, 0.05) is 10.6 Å². The zero-order valence-electron chi connectivity index (χ0n) is 9.48. The minimum Gasteiger partial charge on any atom is -0.497 e. The summed E-state index contributed by atoms with van der Waals surface area (Å²) in [6.07, 6.45) is 8.51. The van der Waals surface area contributed by atoms with Gasteiger partial charge in [-0.25, -0.2) is 0 Å². The normalized spacial score (nSPS) is 19.2. The molecule has 0 saturated heterocycles. The number of benzene rings is 1. The van der Waals surface area contributed by atoms with Crippen LogP contribution >= 0.6 is 11.8 Å². The summed E-state index contributed by atoms with van der Waals surface area (Å²) in [5, 5.41) is 3.42. The Morgan fingerprint density at radius 2 is 2.44 bits per heavy atom. The average Bonchev–Trinajstić information content (AvgIpc) is 2.38. The van der Waals surface area contributed by atoms with E-state index >= 15 is 0 Å². The number of nitrogens with one attached hydrogen (secondary N) is 1. The molecule has 1 aromatic rings. The monoisotopic (exact) mass is 235 g/mol. The molecule has 0 amide bonds. The van der Waals surface area contributed by atoms with Crippen LogP contribution in [0.4, 0.5) is 5.69 Å². The molecule has 1 aliphatic rings. The van der Waals surface area contributed by atoms with Crippen molar-refractivity contribution in [2.45, 2.75) is 23.8 Å². The average molecular weight is 235 g/mol. The molecule has 1 atom stereocenters. The molecule has 2 nitrogen and oxygen atoms in total. The number of thioether (sulfide) groups is 1. The van der Waals surface area contributed by atoms with Gasteiger partial charge in [-0.2, -0.15) is 0 Å². The van der Waals surface area contributed by atoms with Crippen molar-refractivity contribution in [3.8, 4) is 0 Å². The van der Waals surface area contributed by atoms with Crippen molar-refractivity contribution in [2.75, 3.05) is 18.1 Å². The molecule has 1 aliphatic heterocycles. The van der Waals surface area contributed by atoms with Crippen LogP contribution in [0.3, 0.4) is 0 Å². The minimum atomic E-state index is 0.308. The maximum Gasteiger partial charge on any atom is 0.115 e. The van der Waals surface area contributed by atoms with Crippen LogP contribution < -0.4 is 5.32 Å². The minimum absolute atomic E-state index is 0.308. The first kappa shape index (κ1) is 11.4. The van der Waals surface area contributed by atoms with Crippen molar-refractivity contribution in [1.29, 1.82) is 0 Å². The highest BCUT2D eigenvalue weighted by molar-refractivity contribution is 7.98. The summed E-state index contributed by atoms with van der Waals surface area (Å²) in [6, 6.07) is 8.47. The maximum atomic E-state index is 5.51. The second-order valence-corrected chi connectivity index (χ2v) is 4.70. The molecule has 1 unspecified atom stereocenters. The molecule has 16 heavy (non-hydrogen) atoms. The number of hydrogen-bond acceptors (Lipinski definition) is 3. The molecule has 1 N–H and O–H groups in total. The molecule has 0 aliphatic carbocycles. The molecule has 0 bridgehead atoms. The van der Waals surface area contributed by atoms with E-state index in [1.807, 2.05) is 6.26 Å². The first-order valence-electron chi connectivity index (χ1n) is 5.57. The lowest BCUT2D eigenvalue weighted by Gasteiger charge is -2.20. The summed E-state index contributed by atoms with van der Waals surface area (Å²) in [6.45, 7) is 0.877. The van der Waals surface area contributed by atoms with Crippen LogP contribution in [-0.2, 0) is 4.74 Å². The van der Waals surface area contributed by atoms with Crippen molar-refractivity contribution < 1.29 is 4.74 Å². The van der Waals surface area contributed by atoms with E-state index in [1.54, 1.807) is 11.8 Å². The van der Waals surface area contributed by atoms with E-state index in [1.165, 1.54) is 10.6 Å². The summed E-state index contributed by atoms with van der Waals surface area (Å²) in [5.41, 5.74) is 1.17. The van der Waals surface area contributed by atoms with Crippen molar-refractivity contribution >= 4 is 17.4 Å². The van der Waals surface area contributed by atoms with Gasteiger partial charge in [0.05, 0.1) is 12.8 Å². The largest absolute Gasteiger partial charge is 0.497 e. The fourth-order valence-electron chi connectivity index (χ4n) is 1.70. The molecule has 0 saturated carbocycles. The highest BCUT2D eigenvalue weighted by Crippen LogP contribution is 2.19. The van der Waals surface area contributed by atoms with E-state index < -0.39 is 0 Å². The molecule has 0 spiro atoms. The van der Waals surface area contributed by atoms with Gasteiger partial charge < -0.3 is 10.1 Å². The maximum absolute atomic E-state index is 5.51. The predicted octanol–water partition coefficient (Wildman–Crippen LogP) is 3.51. The topological polar surface area (TPSA) is 21.3 Å². The molecule has 3 heteroatoms. The van der Waals surface area contributed by atoms with Crippen LogP contribution in [-0.4, -0.2) is 18.9 Å². The van der Waals surface area contributed by atoms with Gasteiger partial charge in [-0.1, -0.05) is 6.07 Å². The zero-order chi connectivity index (χ0) is 11.2. The predicted molar refractivity (Wildman–Crippen MR) is 70.0 cm³/mol. The van der Waals surface area contributed by atoms with Crippen LogP contribution in [0, 0.1) is 0 Å². The Morgan fingerprint density at radius 3 is 3.19 bits per heavy atom. The van der Waals surface area contributed by atoms with E-state index in [0.29, 0.717) is 6.10 Å². The quantitative estimate of drug-likeness (QED) is 0.807. The Balaban J connectivity index is 1.86. The van der Waals surface area contributed by atoms with E-state index in [4.69, 9.17) is 4.74 Å². The van der Waals surface area contributed by atoms with Crippen molar-refractivity contribution in [1.82, 2.24) is 0 Å². The van der Waals surface area contributed by atoms with E-state index in [-0.39, 0.29) is 0 Å². The van der Waals surface area contributed by atoms with E-state index in [9.17, 15) is 0 Å². The van der Waals surface area contributed by atoms with Gasteiger partial charge in [0.2, 0.25) is 0 Å². The van der Waals surface area contributed by atoms with Crippen molar-refractivity contribution in [3.63, 3.8) is 0 Å². The molecule has 1 aromatic carbocycles. The third-order valence-electron chi connectivity index (χ3n) is 2.63. The van der Waals surface area contributed by atoms with Gasteiger partial charge in [-0.15, -0.1) is 11.8 Å². The van der Waals surface area contributed by atoms with Gasteiger partial charge in [0.1, 0.15) is 6.10 Å². The Labute approximate surface area is 101 Å². The number of rotatable bonds is 4. The lowest BCUT2D eigenvalue weighted by atomic mass is 10.1. The number of ether oxygens (including phenoxy) is 1. The zero-order valence-corrected chi connectivity index (χ0v) is 10.3. The summed E-state index contributed by atoms with van der Waals surface area (Å²) < 4.78 is 5.51. The smallest absolute Gasteiger partial charge is 0.115 e. The van der Waals surface area contributed by atoms with Gasteiger partial charge in [-0.3, -0.25) is 0 Å². The summed E-state index contributed by atoms with van der Waals surface area (Å²) in [4.78, 5) is 1.29. The first-order valence-corrected chi connectivity index (χ1v) is 6.79. The van der Waals surface area contributed by atoms with Gasteiger partial charge in [0.15, 0.2) is 0 Å². The molecule has 2 rings (SSSR count). The molecule has 0 radical (unpaired) electrons. The number of hydrogen-bond donors (Lipinski definition) is 1.